The van der Waals surface area contributed by atoms with Crippen LogP contribution < -0.4 is 19.7 Å². The maximum atomic E-state index is 12.0. The monoisotopic (exact) mass is 294 g/mol. The lowest BCUT2D eigenvalue weighted by molar-refractivity contribution is -0.117. The number of nitrogens with one attached hydrogen (secondary N) is 1. The fraction of sp³-hybridized carbons (Fsp3) is 0.500. The van der Waals surface area contributed by atoms with E-state index in [4.69, 9.17) is 14.6 Å². The predicted molar refractivity (Wildman–Crippen MR) is 75.7 cm³/mol. The first-order chi connectivity index (χ1) is 10.2. The first-order valence-electron chi connectivity index (χ1n) is 6.96. The number of fused-ring (bicyclic) bond motifs is 1. The zero-order valence-electron chi connectivity index (χ0n) is 11.5. The van der Waals surface area contributed by atoms with E-state index in [2.05, 4.69) is 5.32 Å². The second-order valence-electron chi connectivity index (χ2n) is 5.09. The smallest absolute Gasteiger partial charge is 0.231 e. The van der Waals surface area contributed by atoms with E-state index >= 15 is 0 Å². The van der Waals surface area contributed by atoms with Gasteiger partial charge in [0.05, 0.1) is 24.1 Å². The van der Waals surface area contributed by atoms with E-state index in [1.165, 1.54) is 0 Å². The molecule has 1 saturated heterocycles. The van der Waals surface area contributed by atoms with Crippen LogP contribution in [-0.4, -0.2) is 48.7 Å². The van der Waals surface area contributed by atoms with Gasteiger partial charge in [-0.2, -0.15) is 0 Å². The molecule has 1 unspecified atom stereocenters. The average molecular weight is 294 g/mol. The van der Waals surface area contributed by atoms with Crippen LogP contribution in [0.15, 0.2) is 12.1 Å². The second-order valence-corrected chi connectivity index (χ2v) is 5.09. The largest absolute Gasteiger partial charge is 0.454 e. The van der Waals surface area contributed by atoms with Gasteiger partial charge in [0, 0.05) is 31.6 Å². The van der Waals surface area contributed by atoms with Gasteiger partial charge in [-0.25, -0.2) is 0 Å². The normalized spacial score (nSPS) is 18.2. The van der Waals surface area contributed by atoms with Crippen molar-refractivity contribution in [2.24, 2.45) is 0 Å². The number of amides is 1. The van der Waals surface area contributed by atoms with Crippen molar-refractivity contribution in [1.82, 2.24) is 0 Å². The molecule has 2 heterocycles. The summed E-state index contributed by atoms with van der Waals surface area (Å²) < 4.78 is 10.7. The molecule has 3 N–H and O–H groups in total. The number of rotatable bonds is 5. The molecule has 0 saturated carbocycles. The zero-order valence-corrected chi connectivity index (χ0v) is 11.5. The van der Waals surface area contributed by atoms with Gasteiger partial charge in [-0.05, 0) is 6.42 Å². The Labute approximate surface area is 122 Å². The van der Waals surface area contributed by atoms with Crippen molar-refractivity contribution >= 4 is 17.3 Å². The van der Waals surface area contributed by atoms with Crippen LogP contribution in [0.25, 0.3) is 0 Å². The molecule has 7 nitrogen and oxygen atoms in total. The van der Waals surface area contributed by atoms with Gasteiger partial charge in [-0.15, -0.1) is 0 Å². The van der Waals surface area contributed by atoms with E-state index in [0.717, 1.165) is 6.42 Å². The third-order valence-corrected chi connectivity index (χ3v) is 3.59. The van der Waals surface area contributed by atoms with Crippen LogP contribution in [0, 0.1) is 0 Å². The molecular formula is C14H18N2O5. The van der Waals surface area contributed by atoms with Gasteiger partial charge in [0.25, 0.3) is 0 Å². The van der Waals surface area contributed by atoms with E-state index in [1.54, 1.807) is 17.0 Å². The van der Waals surface area contributed by atoms with Gasteiger partial charge in [-0.1, -0.05) is 0 Å². The van der Waals surface area contributed by atoms with Crippen LogP contribution in [-0.2, 0) is 4.79 Å². The highest BCUT2D eigenvalue weighted by molar-refractivity contribution is 5.99. The number of aliphatic hydroxyl groups is 2. The molecule has 0 aromatic heterocycles. The lowest BCUT2D eigenvalue weighted by Gasteiger charge is -2.21. The molecule has 21 heavy (non-hydrogen) atoms. The number of carbonyl (C=O) groups excluding carboxylic acids is 1. The van der Waals surface area contributed by atoms with Gasteiger partial charge in [-0.3, -0.25) is 4.79 Å². The van der Waals surface area contributed by atoms with Crippen molar-refractivity contribution < 1.29 is 24.5 Å². The Balaban J connectivity index is 1.90. The highest BCUT2D eigenvalue weighted by atomic mass is 16.7. The van der Waals surface area contributed by atoms with Crippen LogP contribution in [0.4, 0.5) is 11.4 Å². The van der Waals surface area contributed by atoms with Gasteiger partial charge < -0.3 is 29.9 Å². The third-order valence-electron chi connectivity index (χ3n) is 3.59. The molecule has 0 spiro atoms. The van der Waals surface area contributed by atoms with Crippen molar-refractivity contribution in [3.05, 3.63) is 12.1 Å². The zero-order chi connectivity index (χ0) is 14.8. The van der Waals surface area contributed by atoms with Crippen molar-refractivity contribution in [2.75, 3.05) is 36.7 Å². The number of benzene rings is 1. The summed E-state index contributed by atoms with van der Waals surface area (Å²) in [6.07, 6.45) is 0.497. The molecule has 0 radical (unpaired) electrons. The number of ether oxygens (including phenoxy) is 2. The summed E-state index contributed by atoms with van der Waals surface area (Å²) in [5.41, 5.74) is 1.40. The minimum atomic E-state index is -0.863. The molecule has 1 amide bonds. The lowest BCUT2D eigenvalue weighted by atomic mass is 10.2. The molecule has 0 aliphatic carbocycles. The minimum Gasteiger partial charge on any atom is -0.454 e. The molecule has 2 aliphatic rings. The topological polar surface area (TPSA) is 91.3 Å². The number of anilines is 2. The molecule has 1 aromatic rings. The molecule has 1 fully saturated rings. The van der Waals surface area contributed by atoms with Crippen LogP contribution in [0.2, 0.25) is 0 Å². The molecule has 3 rings (SSSR count). The Kier molecular flexibility index (Phi) is 3.85. The minimum absolute atomic E-state index is 0.0691. The van der Waals surface area contributed by atoms with E-state index in [0.29, 0.717) is 35.8 Å². The van der Waals surface area contributed by atoms with Crippen molar-refractivity contribution in [3.8, 4) is 11.5 Å². The second kappa shape index (κ2) is 5.79. The number of hydrogen-bond acceptors (Lipinski definition) is 6. The van der Waals surface area contributed by atoms with Crippen molar-refractivity contribution in [3.63, 3.8) is 0 Å². The Hall–Kier alpha value is -1.99. The average Bonchev–Trinajstić information content (AvgIpc) is 3.11. The number of nitrogens with zero attached hydrogens (tertiary/aromatic N) is 1. The molecule has 1 aromatic carbocycles. The SMILES string of the molecule is O=C1CCCN1c1cc2c(cc1NCC(O)CO)OCO2. The van der Waals surface area contributed by atoms with E-state index < -0.39 is 6.10 Å². The summed E-state index contributed by atoms with van der Waals surface area (Å²) in [6.45, 7) is 0.682. The van der Waals surface area contributed by atoms with Crippen LogP contribution in [0.5, 0.6) is 11.5 Å². The maximum absolute atomic E-state index is 12.0. The third kappa shape index (κ3) is 2.74. The van der Waals surface area contributed by atoms with Gasteiger partial charge in [0.2, 0.25) is 12.7 Å². The van der Waals surface area contributed by atoms with Crippen LogP contribution in [0.1, 0.15) is 12.8 Å². The first-order valence-corrected chi connectivity index (χ1v) is 6.96. The molecule has 0 bridgehead atoms. The highest BCUT2D eigenvalue weighted by Crippen LogP contribution is 2.42. The van der Waals surface area contributed by atoms with E-state index in [-0.39, 0.29) is 25.9 Å². The Bertz CT molecular complexity index is 548. The summed E-state index contributed by atoms with van der Waals surface area (Å²) in [5, 5.41) is 21.4. The summed E-state index contributed by atoms with van der Waals surface area (Å²) in [5.74, 6) is 1.28. The first kappa shape index (κ1) is 14.0. The summed E-state index contributed by atoms with van der Waals surface area (Å²) >= 11 is 0. The van der Waals surface area contributed by atoms with E-state index in [9.17, 15) is 9.90 Å². The van der Waals surface area contributed by atoms with E-state index in [1.807, 2.05) is 0 Å². The number of aliphatic hydroxyl groups excluding tert-OH is 2. The van der Waals surface area contributed by atoms with Gasteiger partial charge in [0.15, 0.2) is 11.5 Å². The summed E-state index contributed by atoms with van der Waals surface area (Å²) in [7, 11) is 0. The fourth-order valence-corrected chi connectivity index (χ4v) is 2.49. The highest BCUT2D eigenvalue weighted by Gasteiger charge is 2.27. The predicted octanol–water partition coefficient (Wildman–Crippen LogP) is 0.307. The Morgan fingerprint density at radius 3 is 2.76 bits per heavy atom. The summed E-state index contributed by atoms with van der Waals surface area (Å²) in [6, 6.07) is 3.53. The van der Waals surface area contributed by atoms with Crippen LogP contribution in [0.3, 0.4) is 0 Å². The van der Waals surface area contributed by atoms with Crippen molar-refractivity contribution in [1.29, 1.82) is 0 Å². The Morgan fingerprint density at radius 1 is 1.33 bits per heavy atom. The summed E-state index contributed by atoms with van der Waals surface area (Å²) in [4.78, 5) is 13.7. The number of carbonyl (C=O) groups is 1. The lowest BCUT2D eigenvalue weighted by Crippen LogP contribution is -2.27. The van der Waals surface area contributed by atoms with Crippen LogP contribution >= 0.6 is 0 Å². The number of hydrogen-bond donors (Lipinski definition) is 3. The quantitative estimate of drug-likeness (QED) is 0.724. The van der Waals surface area contributed by atoms with Crippen molar-refractivity contribution in [2.45, 2.75) is 18.9 Å². The molecule has 1 atom stereocenters. The molecule has 114 valence electrons. The van der Waals surface area contributed by atoms with Gasteiger partial charge in [0.1, 0.15) is 0 Å². The molecule has 2 aliphatic heterocycles. The molecular weight excluding hydrogens is 276 g/mol. The maximum Gasteiger partial charge on any atom is 0.231 e. The standard InChI is InChI=1S/C14H18N2O5/c17-7-9(18)6-15-10-4-12-13(21-8-20-12)5-11(10)16-3-1-2-14(16)19/h4-5,9,15,17-18H,1-3,6-8H2. The molecule has 7 heteroatoms. The Morgan fingerprint density at radius 2 is 2.10 bits per heavy atom. The van der Waals surface area contributed by atoms with Gasteiger partial charge >= 0.3 is 0 Å². The fourth-order valence-electron chi connectivity index (χ4n) is 2.49.